The molecule has 0 aliphatic heterocycles. The second-order valence-corrected chi connectivity index (χ2v) is 4.18. The summed E-state index contributed by atoms with van der Waals surface area (Å²) in [6.07, 6.45) is 3.25. The van der Waals surface area contributed by atoms with E-state index in [0.29, 0.717) is 11.8 Å². The van der Waals surface area contributed by atoms with Crippen molar-refractivity contribution in [3.63, 3.8) is 0 Å². The van der Waals surface area contributed by atoms with Crippen molar-refractivity contribution in [1.29, 1.82) is 0 Å². The molecule has 0 aliphatic rings. The molecule has 2 N–H and O–H groups in total. The molecule has 2 heterocycles. The molecule has 0 spiro atoms. The number of hydrogen-bond acceptors (Lipinski definition) is 6. The Hall–Kier alpha value is -1.40. The monoisotopic (exact) mass is 236 g/mol. The molecule has 0 atom stereocenters. The van der Waals surface area contributed by atoms with Gasteiger partial charge in [0.2, 0.25) is 0 Å². The highest BCUT2D eigenvalue weighted by Crippen LogP contribution is 2.28. The predicted molar refractivity (Wildman–Crippen MR) is 60.0 cm³/mol. The second kappa shape index (κ2) is 4.63. The number of oxazole rings is 1. The van der Waals surface area contributed by atoms with Gasteiger partial charge in [-0.15, -0.1) is 0 Å². The van der Waals surface area contributed by atoms with Crippen LogP contribution in [0.15, 0.2) is 27.1 Å². The summed E-state index contributed by atoms with van der Waals surface area (Å²) in [6, 6.07) is 0. The molecule has 0 fully saturated rings. The van der Waals surface area contributed by atoms with E-state index in [2.05, 4.69) is 15.0 Å². The van der Waals surface area contributed by atoms with Crippen LogP contribution < -0.4 is 5.73 Å². The summed E-state index contributed by atoms with van der Waals surface area (Å²) in [7, 11) is 0. The third-order valence-electron chi connectivity index (χ3n) is 2.12. The fourth-order valence-electron chi connectivity index (χ4n) is 1.15. The van der Waals surface area contributed by atoms with Gasteiger partial charge in [0.05, 0.1) is 11.4 Å². The van der Waals surface area contributed by atoms with E-state index in [1.165, 1.54) is 11.8 Å². The molecule has 0 saturated heterocycles. The van der Waals surface area contributed by atoms with Crippen molar-refractivity contribution in [1.82, 2.24) is 15.0 Å². The van der Waals surface area contributed by atoms with Gasteiger partial charge in [-0.2, -0.15) is 0 Å². The topological polar surface area (TPSA) is 77.8 Å². The van der Waals surface area contributed by atoms with Crippen molar-refractivity contribution < 1.29 is 4.42 Å². The minimum Gasteiger partial charge on any atom is -0.436 e. The van der Waals surface area contributed by atoms with Crippen molar-refractivity contribution in [2.45, 2.75) is 30.6 Å². The van der Waals surface area contributed by atoms with Crippen molar-refractivity contribution in [3.8, 4) is 0 Å². The highest BCUT2D eigenvalue weighted by Gasteiger charge is 2.11. The smallest absolute Gasteiger partial charge is 0.262 e. The van der Waals surface area contributed by atoms with Crippen LogP contribution in [0.25, 0.3) is 0 Å². The van der Waals surface area contributed by atoms with Gasteiger partial charge in [0, 0.05) is 18.9 Å². The van der Waals surface area contributed by atoms with Crippen LogP contribution in [0.4, 0.5) is 0 Å². The Morgan fingerprint density at radius 3 is 2.69 bits per heavy atom. The van der Waals surface area contributed by atoms with Crippen molar-refractivity contribution in [3.05, 3.63) is 29.5 Å². The lowest BCUT2D eigenvalue weighted by molar-refractivity contribution is 0.430. The van der Waals surface area contributed by atoms with Gasteiger partial charge in [-0.25, -0.2) is 9.97 Å². The lowest BCUT2D eigenvalue weighted by Gasteiger charge is -2.01. The SMILES string of the molecule is Cc1nc(Sc2nccnc2CN)oc1C. The first-order valence-electron chi connectivity index (χ1n) is 4.82. The Morgan fingerprint density at radius 2 is 2.06 bits per heavy atom. The molecule has 0 aliphatic carbocycles. The fraction of sp³-hybridized carbons (Fsp3) is 0.300. The molecule has 0 bridgehead atoms. The zero-order valence-corrected chi connectivity index (χ0v) is 9.91. The van der Waals surface area contributed by atoms with E-state index in [4.69, 9.17) is 10.2 Å². The lowest BCUT2D eigenvalue weighted by Crippen LogP contribution is -2.02. The maximum atomic E-state index is 5.57. The summed E-state index contributed by atoms with van der Waals surface area (Å²) in [4.78, 5) is 12.6. The average Bonchev–Trinajstić information content (AvgIpc) is 2.59. The summed E-state index contributed by atoms with van der Waals surface area (Å²) in [5.74, 6) is 0.820. The van der Waals surface area contributed by atoms with E-state index in [-0.39, 0.29) is 0 Å². The Bertz CT molecular complexity index is 478. The van der Waals surface area contributed by atoms with Crippen LogP contribution in [-0.4, -0.2) is 15.0 Å². The van der Waals surface area contributed by atoms with Crippen LogP contribution in [0.3, 0.4) is 0 Å². The van der Waals surface area contributed by atoms with Crippen LogP contribution in [0.1, 0.15) is 17.1 Å². The van der Waals surface area contributed by atoms with Crippen LogP contribution in [-0.2, 0) is 6.54 Å². The van der Waals surface area contributed by atoms with Gasteiger partial charge in [-0.1, -0.05) is 0 Å². The molecule has 0 aromatic carbocycles. The van der Waals surface area contributed by atoms with Gasteiger partial charge < -0.3 is 10.2 Å². The first kappa shape index (κ1) is 11.1. The first-order valence-corrected chi connectivity index (χ1v) is 5.64. The van der Waals surface area contributed by atoms with Crippen molar-refractivity contribution in [2.75, 3.05) is 0 Å². The molecule has 2 aromatic heterocycles. The van der Waals surface area contributed by atoms with E-state index >= 15 is 0 Å². The van der Waals surface area contributed by atoms with Gasteiger partial charge in [-0.05, 0) is 25.6 Å². The second-order valence-electron chi connectivity index (χ2n) is 3.24. The quantitative estimate of drug-likeness (QED) is 0.873. The molecule has 0 unspecified atom stereocenters. The lowest BCUT2D eigenvalue weighted by atomic mass is 10.4. The third-order valence-corrected chi connectivity index (χ3v) is 3.01. The summed E-state index contributed by atoms with van der Waals surface area (Å²) in [5.41, 5.74) is 7.21. The Morgan fingerprint density at radius 1 is 1.31 bits per heavy atom. The molecule has 2 aromatic rings. The number of rotatable bonds is 3. The molecule has 0 saturated carbocycles. The Kier molecular flexibility index (Phi) is 3.21. The number of aromatic nitrogens is 3. The number of nitrogens with two attached hydrogens (primary N) is 1. The zero-order valence-electron chi connectivity index (χ0n) is 9.10. The van der Waals surface area contributed by atoms with E-state index in [0.717, 1.165) is 22.2 Å². The minimum absolute atomic E-state index is 0.356. The van der Waals surface area contributed by atoms with E-state index in [9.17, 15) is 0 Å². The highest BCUT2D eigenvalue weighted by molar-refractivity contribution is 7.99. The van der Waals surface area contributed by atoms with Gasteiger partial charge >= 0.3 is 0 Å². The average molecular weight is 236 g/mol. The summed E-state index contributed by atoms with van der Waals surface area (Å²) in [6.45, 7) is 4.14. The van der Waals surface area contributed by atoms with Gasteiger partial charge in [0.15, 0.2) is 0 Å². The Labute approximate surface area is 97.5 Å². The van der Waals surface area contributed by atoms with Crippen LogP contribution in [0.5, 0.6) is 0 Å². The van der Waals surface area contributed by atoms with Crippen LogP contribution in [0, 0.1) is 13.8 Å². The van der Waals surface area contributed by atoms with Gasteiger partial charge in [0.1, 0.15) is 10.8 Å². The molecular formula is C10H12N4OS. The van der Waals surface area contributed by atoms with Crippen LogP contribution in [0.2, 0.25) is 0 Å². The number of hydrogen-bond donors (Lipinski definition) is 1. The first-order chi connectivity index (χ1) is 7.70. The van der Waals surface area contributed by atoms with Crippen molar-refractivity contribution >= 4 is 11.8 Å². The molecule has 2 rings (SSSR count). The predicted octanol–water partition coefficient (Wildman–Crippen LogP) is 1.69. The highest BCUT2D eigenvalue weighted by atomic mass is 32.2. The van der Waals surface area contributed by atoms with E-state index < -0.39 is 0 Å². The molecule has 6 heteroatoms. The molecule has 0 radical (unpaired) electrons. The van der Waals surface area contributed by atoms with Crippen molar-refractivity contribution in [2.24, 2.45) is 5.73 Å². The van der Waals surface area contributed by atoms with Crippen LogP contribution >= 0.6 is 11.8 Å². The summed E-state index contributed by atoms with van der Waals surface area (Å²) in [5, 5.41) is 1.32. The largest absolute Gasteiger partial charge is 0.436 e. The summed E-state index contributed by atoms with van der Waals surface area (Å²) >= 11 is 1.34. The third kappa shape index (κ3) is 2.23. The van der Waals surface area contributed by atoms with Gasteiger partial charge in [0.25, 0.3) is 5.22 Å². The number of aryl methyl sites for hydroxylation is 2. The standard InChI is InChI=1S/C10H12N4OS/c1-6-7(2)15-10(14-6)16-9-8(5-11)12-3-4-13-9/h3-4H,5,11H2,1-2H3. The minimum atomic E-state index is 0.356. The van der Waals surface area contributed by atoms with E-state index in [1.807, 2.05) is 13.8 Å². The Balaban J connectivity index is 2.26. The molecule has 16 heavy (non-hydrogen) atoms. The maximum Gasteiger partial charge on any atom is 0.262 e. The maximum absolute atomic E-state index is 5.57. The zero-order chi connectivity index (χ0) is 11.5. The molecule has 0 amide bonds. The fourth-order valence-corrected chi connectivity index (χ4v) is 2.03. The number of nitrogens with zero attached hydrogens (tertiary/aromatic N) is 3. The van der Waals surface area contributed by atoms with E-state index in [1.54, 1.807) is 12.4 Å². The molecule has 84 valence electrons. The normalized spacial score (nSPS) is 10.7. The molecule has 5 nitrogen and oxygen atoms in total. The molecular weight excluding hydrogens is 224 g/mol. The van der Waals surface area contributed by atoms with Gasteiger partial charge in [-0.3, -0.25) is 4.98 Å². The summed E-state index contributed by atoms with van der Waals surface area (Å²) < 4.78 is 5.46.